The molecule has 0 spiro atoms. The fraction of sp³-hybridized carbons (Fsp3) is 0.300. The third-order valence-electron chi connectivity index (χ3n) is 4.64. The molecule has 0 bridgehead atoms. The van der Waals surface area contributed by atoms with Gasteiger partial charge in [-0.05, 0) is 38.7 Å². The summed E-state index contributed by atoms with van der Waals surface area (Å²) in [5.74, 6) is -0.102. The summed E-state index contributed by atoms with van der Waals surface area (Å²) in [6.45, 7) is 3.15. The molecular weight excluding hydrogens is 408 g/mol. The number of nitriles is 1. The van der Waals surface area contributed by atoms with Gasteiger partial charge in [0.05, 0.1) is 11.5 Å². The van der Waals surface area contributed by atoms with Crippen molar-refractivity contribution in [2.75, 3.05) is 20.6 Å². The average Bonchev–Trinajstić information content (AvgIpc) is 2.60. The summed E-state index contributed by atoms with van der Waals surface area (Å²) in [5, 5.41) is 9.68. The van der Waals surface area contributed by atoms with Crippen LogP contribution in [0.15, 0.2) is 51.1 Å². The molecule has 0 saturated carbocycles. The quantitative estimate of drug-likeness (QED) is 0.808. The van der Waals surface area contributed by atoms with Crippen LogP contribution < -0.4 is 16.0 Å². The van der Waals surface area contributed by atoms with E-state index in [1.54, 1.807) is 4.57 Å². The number of hydrogen-bond donors (Lipinski definition) is 1. The molecule has 0 aliphatic carbocycles. The Morgan fingerprint density at radius 2 is 2.11 bits per heavy atom. The minimum absolute atomic E-state index is 0.0415. The van der Waals surface area contributed by atoms with E-state index in [2.05, 4.69) is 22.0 Å². The van der Waals surface area contributed by atoms with Crippen LogP contribution in [0.4, 0.5) is 0 Å². The van der Waals surface area contributed by atoms with Crippen molar-refractivity contribution in [3.05, 3.63) is 73.4 Å². The van der Waals surface area contributed by atoms with Gasteiger partial charge < -0.3 is 19.9 Å². The highest BCUT2D eigenvalue weighted by molar-refractivity contribution is 9.10. The van der Waals surface area contributed by atoms with E-state index in [-0.39, 0.29) is 17.0 Å². The van der Waals surface area contributed by atoms with Gasteiger partial charge in [0.25, 0.3) is 5.56 Å². The van der Waals surface area contributed by atoms with E-state index in [1.165, 1.54) is 0 Å². The maximum atomic E-state index is 13.4. The maximum Gasteiger partial charge on any atom is 0.258 e. The molecule has 0 saturated heterocycles. The van der Waals surface area contributed by atoms with Gasteiger partial charge in [0.1, 0.15) is 17.4 Å². The first-order valence-corrected chi connectivity index (χ1v) is 9.35. The molecule has 0 unspecified atom stereocenters. The van der Waals surface area contributed by atoms with Crippen LogP contribution in [0.3, 0.4) is 0 Å². The third-order valence-corrected chi connectivity index (χ3v) is 5.14. The summed E-state index contributed by atoms with van der Waals surface area (Å²) in [4.78, 5) is 15.4. The van der Waals surface area contributed by atoms with Crippen molar-refractivity contribution in [3.63, 3.8) is 0 Å². The fourth-order valence-corrected chi connectivity index (χ4v) is 3.70. The summed E-state index contributed by atoms with van der Waals surface area (Å²) in [5.41, 5.74) is 8.16. The van der Waals surface area contributed by atoms with Gasteiger partial charge in [-0.15, -0.1) is 0 Å². The Balaban J connectivity index is 2.24. The summed E-state index contributed by atoms with van der Waals surface area (Å²) in [6, 6.07) is 11.5. The van der Waals surface area contributed by atoms with Crippen molar-refractivity contribution in [3.8, 4) is 11.8 Å². The minimum Gasteiger partial charge on any atom is -0.440 e. The van der Waals surface area contributed by atoms with Crippen LogP contribution in [0.2, 0.25) is 0 Å². The normalized spacial score (nSPS) is 16.1. The molecule has 0 amide bonds. The lowest BCUT2D eigenvalue weighted by atomic mass is 9.84. The number of benzene rings is 1. The van der Waals surface area contributed by atoms with Crippen LogP contribution in [0.1, 0.15) is 22.7 Å². The maximum absolute atomic E-state index is 13.4. The monoisotopic (exact) mass is 428 g/mol. The molecule has 7 heteroatoms. The highest BCUT2D eigenvalue weighted by Gasteiger charge is 2.34. The van der Waals surface area contributed by atoms with Gasteiger partial charge in [0.2, 0.25) is 5.88 Å². The van der Waals surface area contributed by atoms with Crippen LogP contribution in [0.5, 0.6) is 5.75 Å². The molecule has 3 rings (SSSR count). The van der Waals surface area contributed by atoms with E-state index in [0.717, 1.165) is 22.3 Å². The first-order valence-electron chi connectivity index (χ1n) is 8.55. The first-order chi connectivity index (χ1) is 12.8. The highest BCUT2D eigenvalue weighted by Crippen LogP contribution is 2.40. The number of pyridine rings is 1. The zero-order valence-electron chi connectivity index (χ0n) is 15.5. The molecule has 27 heavy (non-hydrogen) atoms. The Labute approximate surface area is 166 Å². The second-order valence-electron chi connectivity index (χ2n) is 6.80. The van der Waals surface area contributed by atoms with Gasteiger partial charge in [0.15, 0.2) is 0 Å². The second kappa shape index (κ2) is 7.59. The van der Waals surface area contributed by atoms with Crippen LogP contribution in [-0.2, 0) is 6.54 Å². The van der Waals surface area contributed by atoms with Gasteiger partial charge in [-0.3, -0.25) is 4.79 Å². The minimum atomic E-state index is -0.560. The number of hydrogen-bond acceptors (Lipinski definition) is 5. The molecule has 6 nitrogen and oxygen atoms in total. The Bertz CT molecular complexity index is 1020. The number of likely N-dealkylation sites (N-methyl/N-ethyl adjacent to an activating group) is 1. The molecular formula is C20H21BrN4O2. The van der Waals surface area contributed by atoms with Crippen molar-refractivity contribution >= 4 is 15.9 Å². The van der Waals surface area contributed by atoms with E-state index < -0.39 is 5.92 Å². The molecule has 1 atom stereocenters. The highest BCUT2D eigenvalue weighted by atomic mass is 79.9. The molecule has 0 radical (unpaired) electrons. The topological polar surface area (TPSA) is 84.3 Å². The van der Waals surface area contributed by atoms with Gasteiger partial charge in [-0.25, -0.2) is 0 Å². The predicted octanol–water partition coefficient (Wildman–Crippen LogP) is 2.70. The number of allylic oxidation sites excluding steroid dienone is 1. The molecule has 2 aromatic rings. The van der Waals surface area contributed by atoms with Gasteiger partial charge in [-0.2, -0.15) is 5.26 Å². The summed E-state index contributed by atoms with van der Waals surface area (Å²) < 4.78 is 8.25. The Kier molecular flexibility index (Phi) is 5.40. The van der Waals surface area contributed by atoms with Crippen LogP contribution in [-0.4, -0.2) is 30.1 Å². The van der Waals surface area contributed by atoms with Crippen LogP contribution in [0, 0.1) is 18.3 Å². The second-order valence-corrected chi connectivity index (χ2v) is 7.72. The van der Waals surface area contributed by atoms with Gasteiger partial charge >= 0.3 is 0 Å². The molecule has 1 aliphatic rings. The molecule has 0 fully saturated rings. The van der Waals surface area contributed by atoms with Crippen molar-refractivity contribution < 1.29 is 4.74 Å². The van der Waals surface area contributed by atoms with E-state index >= 15 is 0 Å². The van der Waals surface area contributed by atoms with Crippen LogP contribution in [0.25, 0.3) is 0 Å². The number of rotatable bonds is 4. The zero-order chi connectivity index (χ0) is 19.7. The van der Waals surface area contributed by atoms with Crippen molar-refractivity contribution in [1.29, 1.82) is 5.26 Å². The molecule has 2 heterocycles. The summed E-state index contributed by atoms with van der Waals surface area (Å²) in [6.07, 6.45) is 0. The number of halogens is 1. The first kappa shape index (κ1) is 19.2. The number of fused-ring (bicyclic) bond motifs is 1. The number of nitrogens with two attached hydrogens (primary N) is 1. The summed E-state index contributed by atoms with van der Waals surface area (Å²) in [7, 11) is 3.92. The number of nitrogens with zero attached hydrogens (tertiary/aromatic N) is 3. The average molecular weight is 429 g/mol. The standard InChI is InChI=1S/C20H21BrN4O2/c1-12-9-16-18(20(26)25(12)8-7-24(2)3)17(15(11-22)19(23)27-16)13-5-4-6-14(21)10-13/h4-6,9-10,17H,7-8,23H2,1-3H3/t17-/m1/s1. The van der Waals surface area contributed by atoms with Crippen molar-refractivity contribution in [2.24, 2.45) is 5.73 Å². The largest absolute Gasteiger partial charge is 0.440 e. The Morgan fingerprint density at radius 3 is 2.74 bits per heavy atom. The van der Waals surface area contributed by atoms with E-state index in [9.17, 15) is 10.1 Å². The van der Waals surface area contributed by atoms with Gasteiger partial charge in [0, 0.05) is 29.3 Å². The Morgan fingerprint density at radius 1 is 1.37 bits per heavy atom. The lowest BCUT2D eigenvalue weighted by Crippen LogP contribution is -2.34. The van der Waals surface area contributed by atoms with E-state index in [0.29, 0.717) is 17.9 Å². The number of aromatic nitrogens is 1. The number of ether oxygens (including phenoxy) is 1. The SMILES string of the molecule is Cc1cc2c(c(=O)n1CCN(C)C)[C@H](c1cccc(Br)c1)C(C#N)=C(N)O2. The van der Waals surface area contributed by atoms with E-state index in [1.807, 2.05) is 56.3 Å². The predicted molar refractivity (Wildman–Crippen MR) is 107 cm³/mol. The lowest BCUT2D eigenvalue weighted by molar-refractivity contribution is 0.369. The third kappa shape index (κ3) is 3.64. The number of aryl methyl sites for hydroxylation is 1. The smallest absolute Gasteiger partial charge is 0.258 e. The molecule has 1 aromatic carbocycles. The van der Waals surface area contributed by atoms with E-state index in [4.69, 9.17) is 10.5 Å². The molecule has 1 aliphatic heterocycles. The fourth-order valence-electron chi connectivity index (χ4n) is 3.28. The van der Waals surface area contributed by atoms with Crippen molar-refractivity contribution in [2.45, 2.75) is 19.4 Å². The summed E-state index contributed by atoms with van der Waals surface area (Å²) >= 11 is 3.46. The van der Waals surface area contributed by atoms with Crippen LogP contribution >= 0.6 is 15.9 Å². The lowest BCUT2D eigenvalue weighted by Gasteiger charge is -2.27. The molecule has 140 valence electrons. The van der Waals surface area contributed by atoms with Crippen molar-refractivity contribution in [1.82, 2.24) is 9.47 Å². The Hall–Kier alpha value is -2.56. The zero-order valence-corrected chi connectivity index (χ0v) is 17.1. The molecule has 1 aromatic heterocycles. The van der Waals surface area contributed by atoms with Gasteiger partial charge in [-0.1, -0.05) is 28.1 Å². The molecule has 2 N–H and O–H groups in total.